The van der Waals surface area contributed by atoms with Gasteiger partial charge in [-0.1, -0.05) is 26.0 Å². The molecule has 0 aromatic carbocycles. The first kappa shape index (κ1) is 1.69. The van der Waals surface area contributed by atoms with Crippen LogP contribution in [0.1, 0.15) is 26.2 Å². The van der Waals surface area contributed by atoms with Gasteiger partial charge in [0, 0.05) is 4.11 Å². The van der Waals surface area contributed by atoms with E-state index in [0.717, 1.165) is 6.08 Å². The molecule has 0 heteroatoms. The second-order valence-corrected chi connectivity index (χ2v) is 1.47. The van der Waals surface area contributed by atoms with E-state index in [0.29, 0.717) is 0 Å². The van der Waals surface area contributed by atoms with Crippen LogP contribution in [-0.4, -0.2) is 0 Å². The van der Waals surface area contributed by atoms with Crippen LogP contribution in [-0.2, 0) is 0 Å². The number of allylic oxidation sites excluding steroid dienone is 2. The number of hydrogen-bond donors (Lipinski definition) is 0. The van der Waals surface area contributed by atoms with Crippen molar-refractivity contribution in [2.75, 3.05) is 0 Å². The summed E-state index contributed by atoms with van der Waals surface area (Å²) in [6, 6.07) is 0.181. The molecule has 0 aliphatic carbocycles. The Labute approximate surface area is 45.5 Å². The largest absolute Gasteiger partial charge is 0.0914 e. The minimum Gasteiger partial charge on any atom is -0.0914 e. The molecule has 0 N–H and O–H groups in total. The molecule has 0 fully saturated rings. The van der Waals surface area contributed by atoms with Gasteiger partial charge in [-0.25, -0.2) is 0 Å². The fraction of sp³-hybridized carbons (Fsp3) is 0.667. The predicted octanol–water partition coefficient (Wildman–Crippen LogP) is 2.22. The second-order valence-electron chi connectivity index (χ2n) is 1.47. The molecule has 0 saturated carbocycles. The number of rotatable bonds is 1. The van der Waals surface area contributed by atoms with E-state index in [9.17, 15) is 0 Å². The quantitative estimate of drug-likeness (QED) is 0.431. The fourth-order valence-electron chi connectivity index (χ4n) is 0.167. The Morgan fingerprint density at radius 1 is 1.83 bits per heavy atom. The Morgan fingerprint density at radius 2 is 2.50 bits per heavy atom. The van der Waals surface area contributed by atoms with Crippen molar-refractivity contribution >= 4 is 0 Å². The zero-order valence-electron chi connectivity index (χ0n) is 8.15. The first-order valence-electron chi connectivity index (χ1n) is 4.02. The van der Waals surface area contributed by atoms with Gasteiger partial charge in [-0.15, -0.1) is 0 Å². The van der Waals surface area contributed by atoms with Gasteiger partial charge in [-0.05, 0) is 12.8 Å². The van der Waals surface area contributed by atoms with E-state index in [1.165, 1.54) is 0 Å². The van der Waals surface area contributed by atoms with E-state index in [2.05, 4.69) is 0 Å². The molecule has 0 aromatic rings. The maximum Gasteiger partial charge on any atom is 0.0575 e. The molecule has 0 aromatic heterocycles. The van der Waals surface area contributed by atoms with Crippen LogP contribution < -0.4 is 0 Å². The topological polar surface area (TPSA) is 0 Å². The first-order valence-corrected chi connectivity index (χ1v) is 2.02. The summed E-state index contributed by atoms with van der Waals surface area (Å²) in [5.74, 6) is 0.000394. The molecular formula is C6H12. The van der Waals surface area contributed by atoms with Crippen molar-refractivity contribution in [1.82, 2.24) is 0 Å². The van der Waals surface area contributed by atoms with E-state index in [1.807, 2.05) is 0 Å². The number of hydrogen-bond acceptors (Lipinski definition) is 0. The minimum atomic E-state index is -2.10. The van der Waals surface area contributed by atoms with E-state index >= 15 is 0 Å². The van der Waals surface area contributed by atoms with Gasteiger partial charge in [0.05, 0.1) is 1.37 Å². The third-order valence-electron chi connectivity index (χ3n) is 0.417. The van der Waals surface area contributed by atoms with Crippen molar-refractivity contribution in [2.45, 2.75) is 20.7 Å². The lowest BCUT2D eigenvalue weighted by molar-refractivity contribution is 0.830. The zero-order valence-corrected chi connectivity index (χ0v) is 4.15. The van der Waals surface area contributed by atoms with Crippen molar-refractivity contribution in [2.24, 2.45) is 5.92 Å². The summed E-state index contributed by atoms with van der Waals surface area (Å²) in [5.41, 5.74) is 0. The van der Waals surface area contributed by atoms with Gasteiger partial charge >= 0.3 is 0 Å². The average Bonchev–Trinajstić information content (AvgIpc) is 1.60. The van der Waals surface area contributed by atoms with Crippen molar-refractivity contribution in [3.8, 4) is 0 Å². The minimum absolute atomic E-state index is 0.000394. The predicted molar refractivity (Wildman–Crippen MR) is 29.7 cm³/mol. The van der Waals surface area contributed by atoms with Gasteiger partial charge in [0.2, 0.25) is 0 Å². The van der Waals surface area contributed by atoms with Gasteiger partial charge in [-0.3, -0.25) is 0 Å². The highest BCUT2D eigenvalue weighted by Crippen LogP contribution is 1.90. The summed E-state index contributed by atoms with van der Waals surface area (Å²) in [6.45, 7) is 1.50. The molecular weight excluding hydrogens is 72.1 g/mol. The van der Waals surface area contributed by atoms with Crippen molar-refractivity contribution in [1.29, 1.82) is 0 Å². The monoisotopic (exact) mass is 88.1 g/mol. The standard InChI is InChI=1S/C6H12/c1-4-5-6(2)3/h4-6H,1-3H3/b5-4+/i1D3,5D. The van der Waals surface area contributed by atoms with E-state index in [1.54, 1.807) is 13.8 Å². The summed E-state index contributed by atoms with van der Waals surface area (Å²) in [6.07, 6.45) is 1.01. The van der Waals surface area contributed by atoms with Crippen LogP contribution in [0.4, 0.5) is 0 Å². The molecule has 0 nitrogen and oxygen atoms in total. The Bertz CT molecular complexity index is 131. The average molecular weight is 88.2 g/mol. The third-order valence-corrected chi connectivity index (χ3v) is 0.417. The zero-order chi connectivity index (χ0) is 8.36. The SMILES string of the molecule is [2H]/C(=C\C([2H])([2H])[2H])C(C)C. The Balaban J connectivity index is 4.17. The lowest BCUT2D eigenvalue weighted by Crippen LogP contribution is -1.73. The Kier molecular flexibility index (Phi) is 0.830. The molecule has 6 heavy (non-hydrogen) atoms. The van der Waals surface area contributed by atoms with Crippen molar-refractivity contribution in [3.05, 3.63) is 12.1 Å². The summed E-state index contributed by atoms with van der Waals surface area (Å²) >= 11 is 0. The summed E-state index contributed by atoms with van der Waals surface area (Å²) in [5, 5.41) is 0. The van der Waals surface area contributed by atoms with Crippen LogP contribution in [0, 0.1) is 5.92 Å². The fourth-order valence-corrected chi connectivity index (χ4v) is 0.167. The van der Waals surface area contributed by atoms with E-state index < -0.39 is 6.85 Å². The summed E-state index contributed by atoms with van der Waals surface area (Å²) < 4.78 is 27.6. The lowest BCUT2D eigenvalue weighted by atomic mass is 10.2. The highest BCUT2D eigenvalue weighted by Gasteiger charge is 1.76. The molecule has 0 heterocycles. The molecule has 0 rings (SSSR count). The van der Waals surface area contributed by atoms with Gasteiger partial charge in [0.15, 0.2) is 0 Å². The highest BCUT2D eigenvalue weighted by molar-refractivity contribution is 4.79. The van der Waals surface area contributed by atoms with Gasteiger partial charge < -0.3 is 0 Å². The van der Waals surface area contributed by atoms with Crippen molar-refractivity contribution in [3.63, 3.8) is 0 Å². The third kappa shape index (κ3) is 3.74. The molecule has 0 aliphatic heterocycles. The molecule has 0 saturated heterocycles. The van der Waals surface area contributed by atoms with Gasteiger partial charge in [0.25, 0.3) is 0 Å². The molecule has 0 spiro atoms. The Morgan fingerprint density at radius 3 is 2.67 bits per heavy atom. The summed E-state index contributed by atoms with van der Waals surface area (Å²) in [4.78, 5) is 0. The van der Waals surface area contributed by atoms with E-state index in [4.69, 9.17) is 5.48 Å². The van der Waals surface area contributed by atoms with Crippen LogP contribution in [0.3, 0.4) is 0 Å². The molecule has 0 amide bonds. The van der Waals surface area contributed by atoms with Crippen LogP contribution in [0.25, 0.3) is 0 Å². The molecule has 0 radical (unpaired) electrons. The maximum absolute atomic E-state index is 7.18. The van der Waals surface area contributed by atoms with Crippen LogP contribution in [0.15, 0.2) is 12.1 Å². The van der Waals surface area contributed by atoms with Gasteiger partial charge in [-0.2, -0.15) is 0 Å². The van der Waals surface area contributed by atoms with Gasteiger partial charge in [0.1, 0.15) is 0 Å². The smallest absolute Gasteiger partial charge is 0.0575 e. The molecule has 36 valence electrons. The molecule has 0 bridgehead atoms. The normalized spacial score (nSPS) is 24.8. The van der Waals surface area contributed by atoms with Crippen LogP contribution >= 0.6 is 0 Å². The van der Waals surface area contributed by atoms with E-state index in [-0.39, 0.29) is 12.0 Å². The summed E-state index contributed by atoms with van der Waals surface area (Å²) in [7, 11) is 0. The van der Waals surface area contributed by atoms with Crippen LogP contribution in [0.2, 0.25) is 0 Å². The van der Waals surface area contributed by atoms with Crippen molar-refractivity contribution < 1.29 is 5.48 Å². The first-order chi connectivity index (χ1) is 4.33. The lowest BCUT2D eigenvalue weighted by Gasteiger charge is -1.86. The highest BCUT2D eigenvalue weighted by atomic mass is 13.8. The Hall–Kier alpha value is -0.260. The molecule has 0 unspecified atom stereocenters. The maximum atomic E-state index is 7.18. The second kappa shape index (κ2) is 2.95. The molecule has 0 aliphatic rings. The van der Waals surface area contributed by atoms with Crippen LogP contribution in [0.5, 0.6) is 0 Å². The molecule has 0 atom stereocenters.